The summed E-state index contributed by atoms with van der Waals surface area (Å²) in [6.07, 6.45) is 1.52. The average Bonchev–Trinajstić information content (AvgIpc) is 2.38. The second kappa shape index (κ2) is 6.07. The minimum absolute atomic E-state index is 0.176. The van der Waals surface area contributed by atoms with Gasteiger partial charge < -0.3 is 10.4 Å². The Hall–Kier alpha value is -1.00. The molecule has 3 nitrogen and oxygen atoms in total. The smallest absolute Gasteiger partial charge is 0.306 e. The molecule has 0 amide bonds. The molecule has 1 aromatic carbocycles. The van der Waals surface area contributed by atoms with E-state index in [1.807, 2.05) is 30.0 Å². The first kappa shape index (κ1) is 12.5. The zero-order valence-electron chi connectivity index (χ0n) is 9.63. The summed E-state index contributed by atoms with van der Waals surface area (Å²) in [5, 5.41) is 12.7. The van der Waals surface area contributed by atoms with Crippen LogP contribution >= 0.6 is 11.8 Å². The topological polar surface area (TPSA) is 49.3 Å². The molecule has 1 aliphatic heterocycles. The predicted molar refractivity (Wildman–Crippen MR) is 69.9 cm³/mol. The Bertz CT molecular complexity index is 369. The highest BCUT2D eigenvalue weighted by atomic mass is 32.2. The van der Waals surface area contributed by atoms with Crippen LogP contribution in [0.1, 0.15) is 18.4 Å². The van der Waals surface area contributed by atoms with Gasteiger partial charge in [0.15, 0.2) is 0 Å². The normalized spacial score (nSPS) is 24.5. The molecule has 17 heavy (non-hydrogen) atoms. The first-order chi connectivity index (χ1) is 8.25. The molecule has 2 unspecified atom stereocenters. The first-order valence-electron chi connectivity index (χ1n) is 5.87. The van der Waals surface area contributed by atoms with E-state index in [1.165, 1.54) is 5.56 Å². The van der Waals surface area contributed by atoms with Crippen LogP contribution in [0, 0.1) is 5.92 Å². The van der Waals surface area contributed by atoms with Gasteiger partial charge in [-0.25, -0.2) is 0 Å². The lowest BCUT2D eigenvalue weighted by Crippen LogP contribution is -2.34. The minimum atomic E-state index is -0.656. The maximum Gasteiger partial charge on any atom is 0.306 e. The number of carbonyl (C=O) groups is 1. The average molecular weight is 251 g/mol. The molecule has 1 aromatic rings. The highest BCUT2D eigenvalue weighted by molar-refractivity contribution is 7.99. The Balaban J connectivity index is 1.81. The highest BCUT2D eigenvalue weighted by Crippen LogP contribution is 2.28. The fourth-order valence-electron chi connectivity index (χ4n) is 1.99. The third kappa shape index (κ3) is 3.75. The van der Waals surface area contributed by atoms with Gasteiger partial charge in [0.25, 0.3) is 0 Å². The van der Waals surface area contributed by atoms with Gasteiger partial charge in [0.1, 0.15) is 0 Å². The number of carboxylic acid groups (broad SMARTS) is 1. The third-order valence-corrected chi connectivity index (χ3v) is 4.24. The monoisotopic (exact) mass is 251 g/mol. The molecule has 2 rings (SSSR count). The van der Waals surface area contributed by atoms with Crippen molar-refractivity contribution in [2.75, 3.05) is 5.75 Å². The Morgan fingerprint density at radius 1 is 1.41 bits per heavy atom. The summed E-state index contributed by atoms with van der Waals surface area (Å²) >= 11 is 1.83. The number of thioether (sulfide) groups is 1. The molecule has 1 aliphatic rings. The largest absolute Gasteiger partial charge is 0.481 e. The molecular formula is C13H17NO2S. The Morgan fingerprint density at radius 2 is 2.18 bits per heavy atom. The van der Waals surface area contributed by atoms with Crippen molar-refractivity contribution in [1.82, 2.24) is 5.32 Å². The zero-order chi connectivity index (χ0) is 12.1. The molecule has 0 radical (unpaired) electrons. The number of carboxylic acids is 1. The first-order valence-corrected chi connectivity index (χ1v) is 6.92. The SMILES string of the molecule is O=C(O)C1CCSC(NCc2ccccc2)C1. The van der Waals surface area contributed by atoms with Gasteiger partial charge in [-0.15, -0.1) is 11.8 Å². The maximum absolute atomic E-state index is 10.9. The second-order valence-corrected chi connectivity index (χ2v) is 5.60. The van der Waals surface area contributed by atoms with Crippen LogP contribution in [0.3, 0.4) is 0 Å². The number of hydrogen-bond acceptors (Lipinski definition) is 3. The molecule has 1 fully saturated rings. The molecule has 4 heteroatoms. The van der Waals surface area contributed by atoms with Gasteiger partial charge >= 0.3 is 5.97 Å². The fourth-order valence-corrected chi connectivity index (χ4v) is 3.27. The van der Waals surface area contributed by atoms with Gasteiger partial charge in [-0.05, 0) is 24.2 Å². The molecule has 0 aromatic heterocycles. The van der Waals surface area contributed by atoms with Gasteiger partial charge in [0.2, 0.25) is 0 Å². The quantitative estimate of drug-likeness (QED) is 0.862. The van der Waals surface area contributed by atoms with E-state index >= 15 is 0 Å². The summed E-state index contributed by atoms with van der Waals surface area (Å²) in [5.74, 6) is 0.102. The summed E-state index contributed by atoms with van der Waals surface area (Å²) in [6.45, 7) is 0.810. The van der Waals surface area contributed by atoms with Gasteiger partial charge in [-0.2, -0.15) is 0 Å². The summed E-state index contributed by atoms with van der Waals surface area (Å²) in [6, 6.07) is 10.2. The van der Waals surface area contributed by atoms with Crippen molar-refractivity contribution in [2.45, 2.75) is 24.8 Å². The lowest BCUT2D eigenvalue weighted by atomic mass is 10.0. The molecule has 2 atom stereocenters. The number of hydrogen-bond donors (Lipinski definition) is 2. The molecule has 1 saturated heterocycles. The van der Waals surface area contributed by atoms with Crippen molar-refractivity contribution >= 4 is 17.7 Å². The lowest BCUT2D eigenvalue weighted by Gasteiger charge is -2.27. The van der Waals surface area contributed by atoms with Crippen molar-refractivity contribution in [3.8, 4) is 0 Å². The lowest BCUT2D eigenvalue weighted by molar-refractivity contribution is -0.142. The van der Waals surface area contributed by atoms with E-state index in [9.17, 15) is 4.79 Å². The molecule has 0 bridgehead atoms. The zero-order valence-corrected chi connectivity index (χ0v) is 10.5. The van der Waals surface area contributed by atoms with E-state index in [1.54, 1.807) is 0 Å². The minimum Gasteiger partial charge on any atom is -0.481 e. The van der Waals surface area contributed by atoms with Crippen LogP contribution < -0.4 is 5.32 Å². The molecule has 2 N–H and O–H groups in total. The van der Waals surface area contributed by atoms with E-state index in [-0.39, 0.29) is 11.3 Å². The van der Waals surface area contributed by atoms with Crippen molar-refractivity contribution in [2.24, 2.45) is 5.92 Å². The second-order valence-electron chi connectivity index (χ2n) is 4.29. The van der Waals surface area contributed by atoms with Gasteiger partial charge in [0.05, 0.1) is 11.3 Å². The van der Waals surface area contributed by atoms with Crippen molar-refractivity contribution in [1.29, 1.82) is 0 Å². The molecule has 0 aliphatic carbocycles. The van der Waals surface area contributed by atoms with Crippen LogP contribution in [-0.4, -0.2) is 22.2 Å². The molecule has 1 heterocycles. The van der Waals surface area contributed by atoms with Crippen molar-refractivity contribution < 1.29 is 9.90 Å². The van der Waals surface area contributed by atoms with Gasteiger partial charge in [-0.3, -0.25) is 4.79 Å². The summed E-state index contributed by atoms with van der Waals surface area (Å²) in [4.78, 5) is 10.9. The van der Waals surface area contributed by atoms with E-state index < -0.39 is 5.97 Å². The molecule has 0 spiro atoms. The van der Waals surface area contributed by atoms with E-state index in [2.05, 4.69) is 17.4 Å². The van der Waals surface area contributed by atoms with E-state index in [4.69, 9.17) is 5.11 Å². The standard InChI is InChI=1S/C13H17NO2S/c15-13(16)11-6-7-17-12(8-11)14-9-10-4-2-1-3-5-10/h1-5,11-12,14H,6-9H2,(H,15,16). The van der Waals surface area contributed by atoms with Crippen LogP contribution in [0.4, 0.5) is 0 Å². The van der Waals surface area contributed by atoms with Crippen molar-refractivity contribution in [3.63, 3.8) is 0 Å². The molecule has 0 saturated carbocycles. The number of aliphatic carboxylic acids is 1. The van der Waals surface area contributed by atoms with Gasteiger partial charge in [0, 0.05) is 6.54 Å². The third-order valence-electron chi connectivity index (χ3n) is 3.01. The van der Waals surface area contributed by atoms with Crippen LogP contribution in [0.5, 0.6) is 0 Å². The Morgan fingerprint density at radius 3 is 2.88 bits per heavy atom. The van der Waals surface area contributed by atoms with Crippen LogP contribution in [0.15, 0.2) is 30.3 Å². The maximum atomic E-state index is 10.9. The summed E-state index contributed by atoms with van der Waals surface area (Å²) in [5.41, 5.74) is 1.24. The summed E-state index contributed by atoms with van der Waals surface area (Å²) < 4.78 is 0. The van der Waals surface area contributed by atoms with E-state index in [0.29, 0.717) is 0 Å². The van der Waals surface area contributed by atoms with Crippen LogP contribution in [-0.2, 0) is 11.3 Å². The van der Waals surface area contributed by atoms with Gasteiger partial charge in [-0.1, -0.05) is 30.3 Å². The number of nitrogens with one attached hydrogen (secondary N) is 1. The number of benzene rings is 1. The Labute approximate surface area is 106 Å². The van der Waals surface area contributed by atoms with Crippen molar-refractivity contribution in [3.05, 3.63) is 35.9 Å². The highest BCUT2D eigenvalue weighted by Gasteiger charge is 2.26. The van der Waals surface area contributed by atoms with E-state index in [0.717, 1.165) is 25.1 Å². The predicted octanol–water partition coefficient (Wildman–Crippen LogP) is 2.33. The van der Waals surface area contributed by atoms with Crippen LogP contribution in [0.2, 0.25) is 0 Å². The van der Waals surface area contributed by atoms with Crippen LogP contribution in [0.25, 0.3) is 0 Å². The number of rotatable bonds is 4. The molecule has 92 valence electrons. The summed E-state index contributed by atoms with van der Waals surface area (Å²) in [7, 11) is 0. The molecular weight excluding hydrogens is 234 g/mol. The fraction of sp³-hybridized carbons (Fsp3) is 0.462. The Kier molecular flexibility index (Phi) is 4.45.